The Morgan fingerprint density at radius 3 is 2.57 bits per heavy atom. The number of nitrogens with zero attached hydrogens (tertiary/aromatic N) is 4. The second-order valence-corrected chi connectivity index (χ2v) is 9.38. The van der Waals surface area contributed by atoms with Crippen molar-refractivity contribution in [3.05, 3.63) is 82.9 Å². The Kier molecular flexibility index (Phi) is 7.57. The van der Waals surface area contributed by atoms with Gasteiger partial charge in [-0.1, -0.05) is 29.8 Å². The van der Waals surface area contributed by atoms with Crippen LogP contribution in [0.3, 0.4) is 0 Å². The van der Waals surface area contributed by atoms with Gasteiger partial charge in [0.1, 0.15) is 17.7 Å². The molecule has 1 aliphatic heterocycles. The van der Waals surface area contributed by atoms with E-state index in [-0.39, 0.29) is 11.4 Å². The lowest BCUT2D eigenvalue weighted by Gasteiger charge is -2.28. The maximum Gasteiger partial charge on any atom is 0.134 e. The number of benzene rings is 2. The van der Waals surface area contributed by atoms with Gasteiger partial charge >= 0.3 is 0 Å². The molecule has 2 aromatic heterocycles. The first kappa shape index (κ1) is 25.4. The molecule has 2 unspecified atom stereocenters. The summed E-state index contributed by atoms with van der Waals surface area (Å²) >= 11 is 6.47. The highest BCUT2D eigenvalue weighted by atomic mass is 35.5. The van der Waals surface area contributed by atoms with Gasteiger partial charge in [-0.25, -0.2) is 8.78 Å². The minimum Gasteiger partial charge on any atom is -0.385 e. The summed E-state index contributed by atoms with van der Waals surface area (Å²) in [7, 11) is 0. The van der Waals surface area contributed by atoms with Crippen molar-refractivity contribution in [3.8, 4) is 11.3 Å². The summed E-state index contributed by atoms with van der Waals surface area (Å²) in [5.74, 6) is -0.860. The summed E-state index contributed by atoms with van der Waals surface area (Å²) in [5, 5.41) is 14.7. The first-order chi connectivity index (χ1) is 17.9. The number of anilines is 1. The second-order valence-electron chi connectivity index (χ2n) is 8.97. The summed E-state index contributed by atoms with van der Waals surface area (Å²) in [5.41, 5.74) is 2.29. The van der Waals surface area contributed by atoms with E-state index in [1.807, 2.05) is 6.92 Å². The van der Waals surface area contributed by atoms with Crippen LogP contribution < -0.4 is 5.32 Å². The molecule has 10 heteroatoms. The molecule has 0 bridgehead atoms. The molecule has 4 aromatic rings. The number of rotatable bonds is 7. The van der Waals surface area contributed by atoms with E-state index in [1.54, 1.807) is 24.3 Å². The Hall–Kier alpha value is -3.24. The van der Waals surface area contributed by atoms with Crippen LogP contribution in [0.2, 0.25) is 5.02 Å². The summed E-state index contributed by atoms with van der Waals surface area (Å²) in [6.07, 6.45) is 3.51. The van der Waals surface area contributed by atoms with E-state index in [1.165, 1.54) is 30.7 Å². The van der Waals surface area contributed by atoms with Crippen molar-refractivity contribution in [2.45, 2.75) is 19.1 Å². The average Bonchev–Trinajstić information content (AvgIpc) is 2.91. The molecule has 1 saturated heterocycles. The molecule has 2 atom stereocenters. The zero-order valence-electron chi connectivity index (χ0n) is 20.2. The third-order valence-electron chi connectivity index (χ3n) is 6.47. The maximum atomic E-state index is 15.1. The van der Waals surface area contributed by atoms with Crippen LogP contribution in [0.4, 0.5) is 14.5 Å². The number of fused-ring (bicyclic) bond motifs is 1. The van der Waals surface area contributed by atoms with Crippen LogP contribution in [0.25, 0.3) is 22.2 Å². The minimum absolute atomic E-state index is 0.208. The van der Waals surface area contributed by atoms with Crippen molar-refractivity contribution < 1.29 is 18.6 Å². The zero-order valence-corrected chi connectivity index (χ0v) is 20.9. The fourth-order valence-electron chi connectivity index (χ4n) is 4.42. The van der Waals surface area contributed by atoms with Gasteiger partial charge in [-0.15, -0.1) is 0 Å². The molecule has 0 aliphatic carbocycles. The number of halogens is 3. The van der Waals surface area contributed by atoms with Crippen molar-refractivity contribution in [2.24, 2.45) is 0 Å². The van der Waals surface area contributed by atoms with Crippen molar-refractivity contribution in [1.82, 2.24) is 19.9 Å². The van der Waals surface area contributed by atoms with E-state index in [4.69, 9.17) is 16.3 Å². The fourth-order valence-corrected chi connectivity index (χ4v) is 4.63. The van der Waals surface area contributed by atoms with Gasteiger partial charge in [0.05, 0.1) is 59.3 Å². The molecule has 0 saturated carbocycles. The van der Waals surface area contributed by atoms with Crippen LogP contribution in [-0.2, 0) is 4.74 Å². The van der Waals surface area contributed by atoms with Gasteiger partial charge in [-0.05, 0) is 19.1 Å². The smallest absolute Gasteiger partial charge is 0.134 e. The molecule has 192 valence electrons. The second kappa shape index (κ2) is 11.0. The Labute approximate surface area is 218 Å². The summed E-state index contributed by atoms with van der Waals surface area (Å²) < 4.78 is 34.8. The molecule has 5 rings (SSSR count). The standard InChI is InChI=1S/C27H26ClF2N5O2/c1-16(17-4-2-3-5-21(17)29)34-27-19-10-18(22(30)11-23(19)31-12-20(27)28)24-13-33-25(14-32-24)26(36)15-35-6-8-37-9-7-35/h2-5,10-14,16,26,36H,6-9,15H2,1H3,(H,31,34). The lowest BCUT2D eigenvalue weighted by molar-refractivity contribution is 0.0135. The highest BCUT2D eigenvalue weighted by Gasteiger charge is 2.20. The SMILES string of the molecule is CC(Nc1c(Cl)cnc2cc(F)c(-c3cnc(C(O)CN4CCOCC4)cn3)cc12)c1ccccc1F. The number of pyridine rings is 1. The number of β-amino-alcohol motifs (C(OH)–C–C–N with tert-alkyl or cyclic N) is 1. The number of aliphatic hydroxyl groups excluding tert-OH is 1. The summed E-state index contributed by atoms with van der Waals surface area (Å²) in [4.78, 5) is 15.1. The number of hydrogen-bond donors (Lipinski definition) is 2. The normalized spacial score (nSPS) is 16.0. The third-order valence-corrected chi connectivity index (χ3v) is 6.75. The number of hydrogen-bond acceptors (Lipinski definition) is 7. The third kappa shape index (κ3) is 5.55. The van der Waals surface area contributed by atoms with Crippen LogP contribution in [0.5, 0.6) is 0 Å². The van der Waals surface area contributed by atoms with E-state index in [0.717, 1.165) is 13.1 Å². The number of nitrogens with one attached hydrogen (secondary N) is 1. The minimum atomic E-state index is -0.820. The Morgan fingerprint density at radius 2 is 1.84 bits per heavy atom. The van der Waals surface area contributed by atoms with Crippen molar-refractivity contribution >= 4 is 28.2 Å². The van der Waals surface area contributed by atoms with E-state index in [0.29, 0.717) is 58.3 Å². The molecule has 0 radical (unpaired) electrons. The lowest BCUT2D eigenvalue weighted by Crippen LogP contribution is -2.39. The molecule has 0 spiro atoms. The van der Waals surface area contributed by atoms with Gasteiger partial charge in [0, 0.05) is 48.4 Å². The highest BCUT2D eigenvalue weighted by molar-refractivity contribution is 6.34. The topological polar surface area (TPSA) is 83.4 Å². The van der Waals surface area contributed by atoms with Crippen LogP contribution >= 0.6 is 11.6 Å². The van der Waals surface area contributed by atoms with Crippen molar-refractivity contribution in [2.75, 3.05) is 38.2 Å². The molecule has 0 amide bonds. The molecule has 1 aliphatic rings. The Balaban J connectivity index is 1.44. The van der Waals surface area contributed by atoms with E-state index in [9.17, 15) is 9.50 Å². The van der Waals surface area contributed by atoms with Crippen molar-refractivity contribution in [1.29, 1.82) is 0 Å². The molecule has 2 aromatic carbocycles. The number of morpholine rings is 1. The molecule has 7 nitrogen and oxygen atoms in total. The van der Waals surface area contributed by atoms with Crippen LogP contribution in [0.15, 0.2) is 55.0 Å². The van der Waals surface area contributed by atoms with Crippen molar-refractivity contribution in [3.63, 3.8) is 0 Å². The van der Waals surface area contributed by atoms with Gasteiger partial charge in [-0.2, -0.15) is 0 Å². The quantitative estimate of drug-likeness (QED) is 0.345. The predicted octanol–water partition coefficient (Wildman–Crippen LogP) is 5.16. The zero-order chi connectivity index (χ0) is 25.9. The average molecular weight is 526 g/mol. The van der Waals surface area contributed by atoms with Crippen LogP contribution in [-0.4, -0.2) is 57.8 Å². The van der Waals surface area contributed by atoms with Crippen LogP contribution in [0.1, 0.15) is 30.3 Å². The lowest BCUT2D eigenvalue weighted by atomic mass is 10.0. The van der Waals surface area contributed by atoms with Gasteiger partial charge in [0.2, 0.25) is 0 Å². The first-order valence-corrected chi connectivity index (χ1v) is 12.4. The largest absolute Gasteiger partial charge is 0.385 e. The first-order valence-electron chi connectivity index (χ1n) is 12.0. The Morgan fingerprint density at radius 1 is 1.05 bits per heavy atom. The molecule has 3 heterocycles. The van der Waals surface area contributed by atoms with Gasteiger partial charge < -0.3 is 15.2 Å². The predicted molar refractivity (Wildman–Crippen MR) is 138 cm³/mol. The van der Waals surface area contributed by atoms with E-state index >= 15 is 4.39 Å². The highest BCUT2D eigenvalue weighted by Crippen LogP contribution is 2.36. The molecule has 2 N–H and O–H groups in total. The molecule has 37 heavy (non-hydrogen) atoms. The van der Waals surface area contributed by atoms with Gasteiger partial charge in [-0.3, -0.25) is 19.9 Å². The molecular weight excluding hydrogens is 500 g/mol. The number of aliphatic hydroxyl groups is 1. The maximum absolute atomic E-state index is 15.1. The van der Waals surface area contributed by atoms with Gasteiger partial charge in [0.25, 0.3) is 0 Å². The molecule has 1 fully saturated rings. The molecular formula is C27H26ClF2N5O2. The number of aromatic nitrogens is 3. The Bertz CT molecular complexity index is 1400. The van der Waals surface area contributed by atoms with Gasteiger partial charge in [0.15, 0.2) is 0 Å². The summed E-state index contributed by atoms with van der Waals surface area (Å²) in [6.45, 7) is 4.99. The number of ether oxygens (including phenoxy) is 1. The van der Waals surface area contributed by atoms with E-state index < -0.39 is 18.0 Å². The monoisotopic (exact) mass is 525 g/mol. The fraction of sp³-hybridized carbons (Fsp3) is 0.296. The summed E-state index contributed by atoms with van der Waals surface area (Å²) in [6, 6.07) is 8.98. The van der Waals surface area contributed by atoms with Crippen LogP contribution in [0, 0.1) is 11.6 Å². The van der Waals surface area contributed by atoms with E-state index in [2.05, 4.69) is 25.2 Å².